The van der Waals surface area contributed by atoms with Crippen molar-refractivity contribution in [1.82, 2.24) is 5.32 Å². The molecule has 0 unspecified atom stereocenters. The van der Waals surface area contributed by atoms with Crippen LogP contribution >= 0.6 is 11.6 Å². The maximum absolute atomic E-state index is 11.7. The zero-order valence-electron chi connectivity index (χ0n) is 10.8. The number of benzene rings is 1. The third-order valence-electron chi connectivity index (χ3n) is 2.34. The van der Waals surface area contributed by atoms with Gasteiger partial charge >= 0.3 is 0 Å². The lowest BCUT2D eigenvalue weighted by atomic mass is 10.3. The second-order valence-corrected chi connectivity index (χ2v) is 6.20. The molecule has 0 aliphatic heterocycles. The Labute approximate surface area is 117 Å². The van der Waals surface area contributed by atoms with Gasteiger partial charge < -0.3 is 15.4 Å². The fraction of sp³-hybridized carbons (Fsp3) is 0.364. The lowest BCUT2D eigenvalue weighted by molar-refractivity contribution is -0.118. The van der Waals surface area contributed by atoms with Crippen LogP contribution in [0.4, 0.5) is 5.69 Å². The Balaban J connectivity index is 3.24. The van der Waals surface area contributed by atoms with Gasteiger partial charge in [0.15, 0.2) is 15.6 Å². The first-order valence-corrected chi connectivity index (χ1v) is 7.58. The maximum atomic E-state index is 11.7. The highest BCUT2D eigenvalue weighted by Gasteiger charge is 2.19. The normalized spacial score (nSPS) is 10.9. The molecule has 1 aromatic rings. The largest absolute Gasteiger partial charge is 0.493 e. The van der Waals surface area contributed by atoms with E-state index in [1.165, 1.54) is 26.3 Å². The summed E-state index contributed by atoms with van der Waals surface area (Å²) in [5.41, 5.74) is 0.346. The predicted octanol–water partition coefficient (Wildman–Crippen LogP) is 0.910. The van der Waals surface area contributed by atoms with Gasteiger partial charge in [-0.05, 0) is 12.1 Å². The lowest BCUT2D eigenvalue weighted by Gasteiger charge is -2.14. The summed E-state index contributed by atoms with van der Waals surface area (Å²) < 4.78 is 28.4. The van der Waals surface area contributed by atoms with Gasteiger partial charge in [-0.2, -0.15) is 0 Å². The van der Waals surface area contributed by atoms with E-state index in [0.717, 1.165) is 6.26 Å². The van der Waals surface area contributed by atoms with Crippen molar-refractivity contribution in [1.29, 1.82) is 0 Å². The number of halogens is 1. The standard InChI is InChI=1S/C11H15ClN2O4S/c1-13-10(15)6-14-8-4-7(12)5-9(11(8)18-2)19(3,16)17/h4-5,14H,6H2,1-3H3,(H,13,15). The lowest BCUT2D eigenvalue weighted by Crippen LogP contribution is -2.26. The molecule has 6 nitrogen and oxygen atoms in total. The molecular formula is C11H15ClN2O4S. The summed E-state index contributed by atoms with van der Waals surface area (Å²) in [6, 6.07) is 2.80. The van der Waals surface area contributed by atoms with Crippen molar-refractivity contribution in [3.05, 3.63) is 17.2 Å². The quantitative estimate of drug-likeness (QED) is 0.844. The van der Waals surface area contributed by atoms with Crippen LogP contribution in [0.25, 0.3) is 0 Å². The average molecular weight is 307 g/mol. The van der Waals surface area contributed by atoms with Gasteiger partial charge in [0.1, 0.15) is 4.90 Å². The highest BCUT2D eigenvalue weighted by Crippen LogP contribution is 2.35. The fourth-order valence-corrected chi connectivity index (χ4v) is 2.60. The van der Waals surface area contributed by atoms with E-state index in [2.05, 4.69) is 10.6 Å². The number of sulfone groups is 1. The van der Waals surface area contributed by atoms with Crippen molar-refractivity contribution in [2.75, 3.05) is 32.3 Å². The molecule has 0 atom stereocenters. The van der Waals surface area contributed by atoms with Gasteiger partial charge in [-0.15, -0.1) is 0 Å². The Morgan fingerprint density at radius 2 is 2.05 bits per heavy atom. The molecule has 0 saturated heterocycles. The molecule has 1 rings (SSSR count). The van der Waals surface area contributed by atoms with E-state index in [4.69, 9.17) is 16.3 Å². The zero-order chi connectivity index (χ0) is 14.6. The van der Waals surface area contributed by atoms with Crippen LogP contribution in [0.15, 0.2) is 17.0 Å². The average Bonchev–Trinajstić information content (AvgIpc) is 2.34. The highest BCUT2D eigenvalue weighted by atomic mass is 35.5. The number of carbonyl (C=O) groups excluding carboxylic acids is 1. The van der Waals surface area contributed by atoms with Crippen molar-refractivity contribution < 1.29 is 17.9 Å². The molecule has 0 radical (unpaired) electrons. The smallest absolute Gasteiger partial charge is 0.239 e. The minimum absolute atomic E-state index is 0.0175. The Bertz CT molecular complexity index is 587. The summed E-state index contributed by atoms with van der Waals surface area (Å²) in [5, 5.41) is 5.46. The SMILES string of the molecule is CNC(=O)CNc1cc(Cl)cc(S(C)(=O)=O)c1OC. The van der Waals surface area contributed by atoms with Gasteiger partial charge in [0.25, 0.3) is 0 Å². The van der Waals surface area contributed by atoms with Gasteiger partial charge in [-0.25, -0.2) is 8.42 Å². The van der Waals surface area contributed by atoms with E-state index in [1.54, 1.807) is 0 Å². The number of carbonyl (C=O) groups is 1. The molecule has 0 aliphatic carbocycles. The number of rotatable bonds is 5. The molecule has 0 aliphatic rings. The van der Waals surface area contributed by atoms with E-state index in [-0.39, 0.29) is 28.1 Å². The predicted molar refractivity (Wildman–Crippen MR) is 73.7 cm³/mol. The second-order valence-electron chi connectivity index (χ2n) is 3.78. The summed E-state index contributed by atoms with van der Waals surface area (Å²) in [6.45, 7) is -0.0175. The van der Waals surface area contributed by atoms with Crippen molar-refractivity contribution >= 4 is 33.0 Å². The first-order valence-electron chi connectivity index (χ1n) is 5.31. The summed E-state index contributed by atoms with van der Waals surface area (Å²) in [4.78, 5) is 11.2. The molecular weight excluding hydrogens is 292 g/mol. The molecule has 8 heteroatoms. The van der Waals surface area contributed by atoms with Crippen LogP contribution in [0.1, 0.15) is 0 Å². The van der Waals surface area contributed by atoms with Gasteiger partial charge in [0.05, 0.1) is 19.3 Å². The third-order valence-corrected chi connectivity index (χ3v) is 3.66. The van der Waals surface area contributed by atoms with Crippen LogP contribution in [0.3, 0.4) is 0 Å². The Hall–Kier alpha value is -1.47. The molecule has 0 aromatic heterocycles. The number of amides is 1. The number of methoxy groups -OCH3 is 1. The highest BCUT2D eigenvalue weighted by molar-refractivity contribution is 7.90. The summed E-state index contributed by atoms with van der Waals surface area (Å²) in [6.07, 6.45) is 1.06. The minimum atomic E-state index is -3.48. The Kier molecular flexibility index (Phi) is 5.02. The topological polar surface area (TPSA) is 84.5 Å². The third kappa shape index (κ3) is 4.00. The van der Waals surface area contributed by atoms with Crippen molar-refractivity contribution in [3.8, 4) is 5.75 Å². The fourth-order valence-electron chi connectivity index (χ4n) is 1.45. The number of hydrogen-bond donors (Lipinski definition) is 2. The van der Waals surface area contributed by atoms with Crippen LogP contribution in [0.2, 0.25) is 5.02 Å². The van der Waals surface area contributed by atoms with Crippen LogP contribution in [0.5, 0.6) is 5.75 Å². The molecule has 0 fully saturated rings. The molecule has 0 bridgehead atoms. The summed E-state index contributed by atoms with van der Waals surface area (Å²) in [7, 11) is -0.633. The molecule has 19 heavy (non-hydrogen) atoms. The number of nitrogens with one attached hydrogen (secondary N) is 2. The molecule has 106 valence electrons. The van der Waals surface area contributed by atoms with E-state index in [9.17, 15) is 13.2 Å². The zero-order valence-corrected chi connectivity index (χ0v) is 12.4. The first kappa shape index (κ1) is 15.6. The van der Waals surface area contributed by atoms with E-state index in [1.807, 2.05) is 0 Å². The van der Waals surface area contributed by atoms with Crippen LogP contribution in [-0.4, -0.2) is 41.3 Å². The maximum Gasteiger partial charge on any atom is 0.239 e. The Morgan fingerprint density at radius 1 is 1.42 bits per heavy atom. The molecule has 1 aromatic carbocycles. The number of likely N-dealkylation sites (N-methyl/N-ethyl adjacent to an activating group) is 1. The molecule has 0 saturated carbocycles. The van der Waals surface area contributed by atoms with E-state index in [0.29, 0.717) is 5.69 Å². The number of hydrogen-bond acceptors (Lipinski definition) is 5. The van der Waals surface area contributed by atoms with Gasteiger partial charge in [-0.1, -0.05) is 11.6 Å². The van der Waals surface area contributed by atoms with Crippen LogP contribution in [0, 0.1) is 0 Å². The first-order chi connectivity index (χ1) is 8.79. The molecule has 1 amide bonds. The second kappa shape index (κ2) is 6.12. The Morgan fingerprint density at radius 3 is 2.53 bits per heavy atom. The van der Waals surface area contributed by atoms with Crippen molar-refractivity contribution in [2.45, 2.75) is 4.90 Å². The van der Waals surface area contributed by atoms with E-state index >= 15 is 0 Å². The minimum Gasteiger partial charge on any atom is -0.493 e. The summed E-state index contributed by atoms with van der Waals surface area (Å²) >= 11 is 5.87. The molecule has 2 N–H and O–H groups in total. The van der Waals surface area contributed by atoms with Gasteiger partial charge in [0.2, 0.25) is 5.91 Å². The van der Waals surface area contributed by atoms with Crippen molar-refractivity contribution in [2.24, 2.45) is 0 Å². The monoisotopic (exact) mass is 306 g/mol. The van der Waals surface area contributed by atoms with Gasteiger partial charge in [0, 0.05) is 18.3 Å². The van der Waals surface area contributed by atoms with Crippen molar-refractivity contribution in [3.63, 3.8) is 0 Å². The number of anilines is 1. The number of ether oxygens (including phenoxy) is 1. The van der Waals surface area contributed by atoms with E-state index < -0.39 is 9.84 Å². The molecule has 0 spiro atoms. The van der Waals surface area contributed by atoms with Gasteiger partial charge in [-0.3, -0.25) is 4.79 Å². The van der Waals surface area contributed by atoms with Crippen LogP contribution in [-0.2, 0) is 14.6 Å². The van der Waals surface area contributed by atoms with Crippen LogP contribution < -0.4 is 15.4 Å². The summed E-state index contributed by atoms with van der Waals surface area (Å²) in [5.74, 6) is -0.112. The molecule has 0 heterocycles.